The molecule has 63 heavy (non-hydrogen) atoms. The van der Waals surface area contributed by atoms with Crippen molar-refractivity contribution in [2.75, 3.05) is 0 Å². The molecule has 0 saturated carbocycles. The van der Waals surface area contributed by atoms with Gasteiger partial charge in [-0.05, 0) is 74.3 Å². The maximum Gasteiger partial charge on any atom is 0.178 e. The smallest absolute Gasteiger partial charge is 0.178 e. The van der Waals surface area contributed by atoms with Crippen LogP contribution >= 0.6 is 0 Å². The van der Waals surface area contributed by atoms with Crippen LogP contribution in [0.25, 0.3) is 67.3 Å². The second-order valence-corrected chi connectivity index (χ2v) is 16.1. The molecular weight excluding hydrogens is 769 g/mol. The summed E-state index contributed by atoms with van der Waals surface area (Å²) in [6.07, 6.45) is 0. The zero-order valence-corrected chi connectivity index (χ0v) is 34.2. The zero-order chi connectivity index (χ0) is 41.7. The zero-order valence-electron chi connectivity index (χ0n) is 34.2. The number of nitrogens with zero attached hydrogens (tertiary/aromatic N) is 2. The number of benzene rings is 9. The Labute approximate surface area is 366 Å². The van der Waals surface area contributed by atoms with Crippen LogP contribution in [0.5, 0.6) is 23.0 Å². The van der Waals surface area contributed by atoms with Gasteiger partial charge in [-0.25, -0.2) is 9.97 Å². The quantitative estimate of drug-likeness (QED) is 0.161. The topological polar surface area (TPSA) is 44.2 Å². The van der Waals surface area contributed by atoms with Gasteiger partial charge in [0.05, 0.1) is 16.8 Å². The van der Waals surface area contributed by atoms with Gasteiger partial charge in [-0.2, -0.15) is 0 Å². The van der Waals surface area contributed by atoms with E-state index in [9.17, 15) is 0 Å². The number of aromatic nitrogens is 2. The summed E-state index contributed by atoms with van der Waals surface area (Å²) in [4.78, 5) is 10.2. The van der Waals surface area contributed by atoms with E-state index in [0.29, 0.717) is 23.1 Å². The fraction of sp³-hybridized carbons (Fsp3) is 0.0169. The molecule has 0 unspecified atom stereocenters. The van der Waals surface area contributed by atoms with Crippen molar-refractivity contribution in [1.82, 2.24) is 9.97 Å². The highest BCUT2D eigenvalue weighted by Gasteiger charge is 2.48. The molecule has 1 aliphatic carbocycles. The summed E-state index contributed by atoms with van der Waals surface area (Å²) in [6, 6.07) is 80.6. The minimum atomic E-state index is -0.521. The fourth-order valence-electron chi connectivity index (χ4n) is 9.50. The first kappa shape index (κ1) is 36.5. The Bertz CT molecular complexity index is 3260. The van der Waals surface area contributed by atoms with Crippen molar-refractivity contribution in [1.29, 1.82) is 0 Å². The van der Waals surface area contributed by atoms with E-state index in [1.807, 2.05) is 30.3 Å². The maximum atomic E-state index is 6.89. The van der Waals surface area contributed by atoms with Crippen LogP contribution in [0, 0.1) is 0 Å². The molecule has 0 bridgehead atoms. The molecule has 10 aromatic rings. The normalized spacial score (nSPS) is 12.8. The predicted molar refractivity (Wildman–Crippen MR) is 253 cm³/mol. The molecule has 0 atom stereocenters. The standard InChI is InChI=1S/C59H38N2O2/c1-5-15-39(16-6-1)40-25-29-43(30-26-40)52-38-51(42-17-7-2-8-18-42)60-58(61-52)44-31-27-41(28-32-44)45-33-35-53-55(37-45)62-54-36-34-50-56(57(54)63-53)48-23-13-14-24-49(48)59(50,46-19-9-3-10-20-46)47-21-11-4-12-22-47/h1-38H. The number of ether oxygens (including phenoxy) is 2. The Kier molecular flexibility index (Phi) is 8.68. The van der Waals surface area contributed by atoms with E-state index in [-0.39, 0.29) is 0 Å². The van der Waals surface area contributed by atoms with Gasteiger partial charge >= 0.3 is 0 Å². The van der Waals surface area contributed by atoms with Crippen LogP contribution in [0.1, 0.15) is 22.3 Å². The summed E-state index contributed by atoms with van der Waals surface area (Å²) < 4.78 is 13.6. The third-order valence-corrected chi connectivity index (χ3v) is 12.5. The average molecular weight is 807 g/mol. The number of hydrogen-bond acceptors (Lipinski definition) is 4. The van der Waals surface area contributed by atoms with Gasteiger partial charge < -0.3 is 9.47 Å². The molecule has 0 N–H and O–H groups in total. The third-order valence-electron chi connectivity index (χ3n) is 12.5. The molecule has 0 spiro atoms. The highest BCUT2D eigenvalue weighted by atomic mass is 16.6. The van der Waals surface area contributed by atoms with Gasteiger partial charge in [-0.15, -0.1) is 0 Å². The highest BCUT2D eigenvalue weighted by Crippen LogP contribution is 2.62. The molecule has 1 aliphatic heterocycles. The molecule has 9 aromatic carbocycles. The van der Waals surface area contributed by atoms with Crippen molar-refractivity contribution in [3.8, 4) is 90.3 Å². The van der Waals surface area contributed by atoms with E-state index >= 15 is 0 Å². The van der Waals surface area contributed by atoms with Crippen LogP contribution < -0.4 is 9.47 Å². The summed E-state index contributed by atoms with van der Waals surface area (Å²) in [5.41, 5.74) is 15.7. The molecule has 0 amide bonds. The van der Waals surface area contributed by atoms with Crippen LogP contribution in [0.2, 0.25) is 0 Å². The van der Waals surface area contributed by atoms with E-state index in [0.717, 1.165) is 56.1 Å². The summed E-state index contributed by atoms with van der Waals surface area (Å²) in [5.74, 6) is 3.46. The fourth-order valence-corrected chi connectivity index (χ4v) is 9.50. The first-order valence-corrected chi connectivity index (χ1v) is 21.3. The van der Waals surface area contributed by atoms with Gasteiger partial charge in [0.15, 0.2) is 28.8 Å². The number of fused-ring (bicyclic) bond motifs is 6. The third kappa shape index (κ3) is 6.14. The maximum absolute atomic E-state index is 6.89. The van der Waals surface area contributed by atoms with Crippen LogP contribution in [-0.2, 0) is 5.41 Å². The second kappa shape index (κ2) is 15.0. The lowest BCUT2D eigenvalue weighted by Crippen LogP contribution is -2.28. The minimum absolute atomic E-state index is 0.521. The Morgan fingerprint density at radius 3 is 1.44 bits per heavy atom. The summed E-state index contributed by atoms with van der Waals surface area (Å²) in [5, 5.41) is 0. The van der Waals surface area contributed by atoms with E-state index < -0.39 is 5.41 Å². The summed E-state index contributed by atoms with van der Waals surface area (Å²) in [7, 11) is 0. The van der Waals surface area contributed by atoms with E-state index in [1.54, 1.807) is 0 Å². The Morgan fingerprint density at radius 2 is 0.794 bits per heavy atom. The number of hydrogen-bond donors (Lipinski definition) is 0. The van der Waals surface area contributed by atoms with Crippen molar-refractivity contribution in [3.63, 3.8) is 0 Å². The lowest BCUT2D eigenvalue weighted by molar-refractivity contribution is 0.360. The molecule has 0 fully saturated rings. The predicted octanol–water partition coefficient (Wildman–Crippen LogP) is 15.1. The van der Waals surface area contributed by atoms with Gasteiger partial charge in [-0.1, -0.05) is 206 Å². The molecule has 2 heterocycles. The lowest BCUT2D eigenvalue weighted by atomic mass is 9.68. The van der Waals surface area contributed by atoms with E-state index in [1.165, 1.54) is 33.4 Å². The monoisotopic (exact) mass is 806 g/mol. The molecule has 4 heteroatoms. The molecular formula is C59H38N2O2. The molecule has 0 saturated heterocycles. The van der Waals surface area contributed by atoms with Crippen LogP contribution in [0.15, 0.2) is 231 Å². The van der Waals surface area contributed by atoms with Crippen LogP contribution in [0.4, 0.5) is 0 Å². The van der Waals surface area contributed by atoms with E-state index in [2.05, 4.69) is 200 Å². The lowest BCUT2D eigenvalue weighted by Gasteiger charge is -2.34. The van der Waals surface area contributed by atoms with Crippen molar-refractivity contribution < 1.29 is 9.47 Å². The van der Waals surface area contributed by atoms with Crippen LogP contribution in [0.3, 0.4) is 0 Å². The molecule has 4 nitrogen and oxygen atoms in total. The molecule has 12 rings (SSSR count). The molecule has 1 aromatic heterocycles. The van der Waals surface area contributed by atoms with Crippen LogP contribution in [-0.4, -0.2) is 9.97 Å². The molecule has 0 radical (unpaired) electrons. The second-order valence-electron chi connectivity index (χ2n) is 16.1. The van der Waals surface area contributed by atoms with Crippen molar-refractivity contribution in [2.24, 2.45) is 0 Å². The van der Waals surface area contributed by atoms with Crippen molar-refractivity contribution in [3.05, 3.63) is 253 Å². The first-order chi connectivity index (χ1) is 31.2. The van der Waals surface area contributed by atoms with E-state index in [4.69, 9.17) is 19.4 Å². The molecule has 2 aliphatic rings. The largest absolute Gasteiger partial charge is 0.449 e. The van der Waals surface area contributed by atoms with Gasteiger partial charge in [-0.3, -0.25) is 0 Å². The molecule has 296 valence electrons. The summed E-state index contributed by atoms with van der Waals surface area (Å²) in [6.45, 7) is 0. The van der Waals surface area contributed by atoms with Gasteiger partial charge in [0, 0.05) is 22.3 Å². The minimum Gasteiger partial charge on any atom is -0.449 e. The Morgan fingerprint density at radius 1 is 0.317 bits per heavy atom. The SMILES string of the molecule is c1ccc(-c2ccc(-c3cc(-c4ccccc4)nc(-c4ccc(-c5ccc6c(c5)Oc5ccc7c(c5O6)-c5ccccc5C7(c5ccccc5)c5ccccc5)cc4)n3)cc2)cc1. The van der Waals surface area contributed by atoms with Gasteiger partial charge in [0.25, 0.3) is 0 Å². The highest BCUT2D eigenvalue weighted by molar-refractivity contribution is 5.92. The Balaban J connectivity index is 0.878. The van der Waals surface area contributed by atoms with Gasteiger partial charge in [0.1, 0.15) is 0 Å². The van der Waals surface area contributed by atoms with Crippen molar-refractivity contribution >= 4 is 0 Å². The summed E-state index contributed by atoms with van der Waals surface area (Å²) >= 11 is 0. The Hall–Kier alpha value is -8.34. The number of rotatable bonds is 7. The first-order valence-electron chi connectivity index (χ1n) is 21.3. The average Bonchev–Trinajstić information content (AvgIpc) is 3.68. The van der Waals surface area contributed by atoms with Crippen molar-refractivity contribution in [2.45, 2.75) is 5.41 Å². The van der Waals surface area contributed by atoms with Gasteiger partial charge in [0.2, 0.25) is 0 Å².